The first-order valence-electron chi connectivity index (χ1n) is 8.77. The van der Waals surface area contributed by atoms with Crippen LogP contribution in [-0.4, -0.2) is 37.4 Å². The lowest BCUT2D eigenvalue weighted by molar-refractivity contribution is 0.0958. The number of hydrogen-bond donors (Lipinski definition) is 0. The van der Waals surface area contributed by atoms with Crippen molar-refractivity contribution >= 4 is 5.78 Å². The number of carbonyl (C=O) groups excluding carboxylic acids is 1. The van der Waals surface area contributed by atoms with E-state index in [4.69, 9.17) is 4.74 Å². The third kappa shape index (κ3) is 4.04. The summed E-state index contributed by atoms with van der Waals surface area (Å²) in [6, 6.07) is 15.8. The summed E-state index contributed by atoms with van der Waals surface area (Å²) < 4.78 is 5.47. The maximum atomic E-state index is 12.6. The zero-order valence-corrected chi connectivity index (χ0v) is 14.3. The van der Waals surface area contributed by atoms with Gasteiger partial charge in [-0.15, -0.1) is 0 Å². The summed E-state index contributed by atoms with van der Waals surface area (Å²) in [7, 11) is 1.67. The number of methoxy groups -OCH3 is 1. The van der Waals surface area contributed by atoms with E-state index in [1.165, 1.54) is 19.3 Å². The van der Waals surface area contributed by atoms with E-state index in [1.807, 2.05) is 48.5 Å². The molecular formula is C21H25NO2. The van der Waals surface area contributed by atoms with Crippen molar-refractivity contribution in [2.24, 2.45) is 0 Å². The minimum Gasteiger partial charge on any atom is -0.496 e. The van der Waals surface area contributed by atoms with Crippen molar-refractivity contribution in [1.29, 1.82) is 0 Å². The third-order valence-corrected chi connectivity index (χ3v) is 4.71. The molecule has 0 amide bonds. The van der Waals surface area contributed by atoms with Gasteiger partial charge in [-0.2, -0.15) is 0 Å². The van der Waals surface area contributed by atoms with E-state index in [1.54, 1.807) is 7.11 Å². The molecule has 24 heavy (non-hydrogen) atoms. The number of likely N-dealkylation sites (tertiary alicyclic amines) is 1. The number of piperidine rings is 1. The molecule has 1 saturated heterocycles. The van der Waals surface area contributed by atoms with Crippen LogP contribution in [0.2, 0.25) is 0 Å². The molecule has 0 bridgehead atoms. The molecule has 3 heteroatoms. The molecule has 1 fully saturated rings. The number of Topliss-reactive ketones (excluding diaryl/α,β-unsaturated/α-hetero) is 1. The highest BCUT2D eigenvalue weighted by Gasteiger charge is 2.15. The first-order valence-corrected chi connectivity index (χ1v) is 8.77. The highest BCUT2D eigenvalue weighted by atomic mass is 16.5. The van der Waals surface area contributed by atoms with E-state index in [0.29, 0.717) is 6.42 Å². The van der Waals surface area contributed by atoms with Gasteiger partial charge in [-0.05, 0) is 49.7 Å². The molecule has 1 heterocycles. The van der Waals surface area contributed by atoms with Crippen molar-refractivity contribution in [3.05, 3.63) is 54.1 Å². The predicted molar refractivity (Wildman–Crippen MR) is 97.7 cm³/mol. The van der Waals surface area contributed by atoms with Gasteiger partial charge in [0, 0.05) is 24.1 Å². The Morgan fingerprint density at radius 2 is 1.79 bits per heavy atom. The van der Waals surface area contributed by atoms with Gasteiger partial charge >= 0.3 is 0 Å². The zero-order valence-electron chi connectivity index (χ0n) is 14.3. The van der Waals surface area contributed by atoms with Crippen LogP contribution in [0.3, 0.4) is 0 Å². The van der Waals surface area contributed by atoms with Crippen LogP contribution in [0.25, 0.3) is 11.1 Å². The summed E-state index contributed by atoms with van der Waals surface area (Å²) in [4.78, 5) is 15.0. The second kappa shape index (κ2) is 8.11. The van der Waals surface area contributed by atoms with Crippen LogP contribution in [0, 0.1) is 0 Å². The van der Waals surface area contributed by atoms with E-state index < -0.39 is 0 Å². The zero-order chi connectivity index (χ0) is 16.8. The Labute approximate surface area is 144 Å². The number of ketones is 1. The molecule has 0 atom stereocenters. The molecule has 1 aliphatic heterocycles. The smallest absolute Gasteiger partial charge is 0.164 e. The van der Waals surface area contributed by atoms with Crippen LogP contribution in [0.4, 0.5) is 0 Å². The van der Waals surface area contributed by atoms with Crippen LogP contribution >= 0.6 is 0 Å². The molecule has 2 aromatic carbocycles. The number of hydrogen-bond acceptors (Lipinski definition) is 3. The average molecular weight is 323 g/mol. The summed E-state index contributed by atoms with van der Waals surface area (Å²) in [5.74, 6) is 1.01. The molecule has 1 aliphatic rings. The Bertz CT molecular complexity index is 675. The molecule has 0 unspecified atom stereocenters. The van der Waals surface area contributed by atoms with E-state index in [0.717, 1.165) is 42.1 Å². The largest absolute Gasteiger partial charge is 0.496 e. The molecule has 0 aromatic heterocycles. The average Bonchev–Trinajstić information content (AvgIpc) is 2.67. The molecular weight excluding hydrogens is 298 g/mol. The summed E-state index contributed by atoms with van der Waals surface area (Å²) in [6.45, 7) is 3.13. The molecule has 3 rings (SSSR count). The van der Waals surface area contributed by atoms with Gasteiger partial charge in [0.25, 0.3) is 0 Å². The van der Waals surface area contributed by atoms with Crippen LogP contribution in [0.15, 0.2) is 48.5 Å². The Morgan fingerprint density at radius 3 is 2.50 bits per heavy atom. The monoisotopic (exact) mass is 323 g/mol. The Balaban J connectivity index is 1.74. The first kappa shape index (κ1) is 16.7. The Kier molecular flexibility index (Phi) is 5.65. The van der Waals surface area contributed by atoms with Crippen LogP contribution in [-0.2, 0) is 0 Å². The summed E-state index contributed by atoms with van der Waals surface area (Å²) in [6.07, 6.45) is 4.42. The minimum absolute atomic E-state index is 0.209. The quantitative estimate of drug-likeness (QED) is 0.737. The van der Waals surface area contributed by atoms with Gasteiger partial charge in [0.1, 0.15) is 5.75 Å². The first-order chi connectivity index (χ1) is 11.8. The lowest BCUT2D eigenvalue weighted by Crippen LogP contribution is -2.31. The SMILES string of the molecule is COc1ccc(C(=O)CCN2CCCCC2)cc1-c1ccccc1. The second-order valence-electron chi connectivity index (χ2n) is 6.36. The van der Waals surface area contributed by atoms with Crippen molar-refractivity contribution in [1.82, 2.24) is 4.90 Å². The van der Waals surface area contributed by atoms with Crippen LogP contribution in [0.1, 0.15) is 36.0 Å². The Hall–Kier alpha value is -2.13. The fourth-order valence-corrected chi connectivity index (χ4v) is 3.31. The molecule has 126 valence electrons. The van der Waals surface area contributed by atoms with Gasteiger partial charge < -0.3 is 9.64 Å². The van der Waals surface area contributed by atoms with E-state index in [9.17, 15) is 4.79 Å². The van der Waals surface area contributed by atoms with Crippen molar-refractivity contribution in [3.8, 4) is 16.9 Å². The molecule has 0 saturated carbocycles. The Morgan fingerprint density at radius 1 is 1.04 bits per heavy atom. The maximum absolute atomic E-state index is 12.6. The lowest BCUT2D eigenvalue weighted by Gasteiger charge is -2.26. The fourth-order valence-electron chi connectivity index (χ4n) is 3.31. The van der Waals surface area contributed by atoms with Gasteiger partial charge in [0.2, 0.25) is 0 Å². The van der Waals surface area contributed by atoms with E-state index in [-0.39, 0.29) is 5.78 Å². The predicted octanol–water partition coefficient (Wildman–Crippen LogP) is 4.42. The van der Waals surface area contributed by atoms with Crippen LogP contribution in [0.5, 0.6) is 5.75 Å². The van der Waals surface area contributed by atoms with Crippen LogP contribution < -0.4 is 4.74 Å². The summed E-state index contributed by atoms with van der Waals surface area (Å²) in [5.41, 5.74) is 2.81. The highest BCUT2D eigenvalue weighted by Crippen LogP contribution is 2.31. The number of rotatable bonds is 6. The van der Waals surface area contributed by atoms with Gasteiger partial charge in [0.05, 0.1) is 7.11 Å². The van der Waals surface area contributed by atoms with Crippen molar-refractivity contribution in [2.75, 3.05) is 26.7 Å². The standard InChI is InChI=1S/C21H25NO2/c1-24-21-11-10-18(16-19(21)17-8-4-2-5-9-17)20(23)12-15-22-13-6-3-7-14-22/h2,4-5,8-11,16H,3,6-7,12-15H2,1H3. The van der Waals surface area contributed by atoms with Gasteiger partial charge in [-0.25, -0.2) is 0 Å². The molecule has 0 radical (unpaired) electrons. The maximum Gasteiger partial charge on any atom is 0.164 e. The molecule has 2 aromatic rings. The molecule has 0 aliphatic carbocycles. The highest BCUT2D eigenvalue weighted by molar-refractivity contribution is 5.97. The number of ether oxygens (including phenoxy) is 1. The molecule has 3 nitrogen and oxygen atoms in total. The van der Waals surface area contributed by atoms with Crippen molar-refractivity contribution in [2.45, 2.75) is 25.7 Å². The minimum atomic E-state index is 0.209. The van der Waals surface area contributed by atoms with E-state index >= 15 is 0 Å². The fraction of sp³-hybridized carbons (Fsp3) is 0.381. The summed E-state index contributed by atoms with van der Waals surface area (Å²) in [5, 5.41) is 0. The van der Waals surface area contributed by atoms with Crippen molar-refractivity contribution < 1.29 is 9.53 Å². The normalized spacial score (nSPS) is 15.2. The lowest BCUT2D eigenvalue weighted by atomic mass is 9.99. The molecule has 0 N–H and O–H groups in total. The van der Waals surface area contributed by atoms with Gasteiger partial charge in [-0.1, -0.05) is 36.8 Å². The van der Waals surface area contributed by atoms with Crippen molar-refractivity contribution in [3.63, 3.8) is 0 Å². The third-order valence-electron chi connectivity index (χ3n) is 4.71. The summed E-state index contributed by atoms with van der Waals surface area (Å²) >= 11 is 0. The number of benzene rings is 2. The topological polar surface area (TPSA) is 29.5 Å². The van der Waals surface area contributed by atoms with Gasteiger partial charge in [-0.3, -0.25) is 4.79 Å². The second-order valence-corrected chi connectivity index (χ2v) is 6.36. The number of nitrogens with zero attached hydrogens (tertiary/aromatic N) is 1. The van der Waals surface area contributed by atoms with E-state index in [2.05, 4.69) is 4.90 Å². The van der Waals surface area contributed by atoms with Gasteiger partial charge in [0.15, 0.2) is 5.78 Å². The molecule has 0 spiro atoms. The number of carbonyl (C=O) groups is 1.